The molecular weight excluding hydrogens is 321 g/mol. The number of nitrogens with one attached hydrogen (secondary N) is 1. The van der Waals surface area contributed by atoms with Gasteiger partial charge in [0.2, 0.25) is 0 Å². The number of ether oxygens (including phenoxy) is 1. The molecule has 1 N–H and O–H groups in total. The van der Waals surface area contributed by atoms with E-state index in [2.05, 4.69) is 5.32 Å². The molecule has 25 heavy (non-hydrogen) atoms. The number of carbonyl (C=O) groups is 2. The first kappa shape index (κ1) is 17.1. The highest BCUT2D eigenvalue weighted by Crippen LogP contribution is 2.39. The van der Waals surface area contributed by atoms with Crippen LogP contribution in [0.25, 0.3) is 0 Å². The monoisotopic (exact) mass is 341 g/mol. The molecule has 2 aromatic carbocycles. The lowest BCUT2D eigenvalue weighted by molar-refractivity contribution is -0.118. The maximum atomic E-state index is 14.0. The van der Waals surface area contributed by atoms with E-state index in [0.29, 0.717) is 5.56 Å². The van der Waals surface area contributed by atoms with Crippen molar-refractivity contribution >= 4 is 17.4 Å². The summed E-state index contributed by atoms with van der Waals surface area (Å²) in [5.74, 6) is -0.779. The third-order valence-electron chi connectivity index (χ3n) is 4.52. The highest BCUT2D eigenvalue weighted by Gasteiger charge is 2.32. The van der Waals surface area contributed by atoms with E-state index in [9.17, 15) is 14.0 Å². The zero-order valence-corrected chi connectivity index (χ0v) is 14.5. The molecule has 130 valence electrons. The summed E-state index contributed by atoms with van der Waals surface area (Å²) in [7, 11) is 0. The van der Waals surface area contributed by atoms with Gasteiger partial charge in [-0.1, -0.05) is 25.1 Å². The van der Waals surface area contributed by atoms with Crippen molar-refractivity contribution < 1.29 is 18.7 Å². The number of rotatable bonds is 4. The Hall–Kier alpha value is -2.69. The summed E-state index contributed by atoms with van der Waals surface area (Å²) < 4.78 is 19.5. The molecule has 0 radical (unpaired) electrons. The zero-order chi connectivity index (χ0) is 18.1. The van der Waals surface area contributed by atoms with Gasteiger partial charge in [0, 0.05) is 17.7 Å². The van der Waals surface area contributed by atoms with Gasteiger partial charge >= 0.3 is 0 Å². The number of para-hydroxylation sites is 1. The van der Waals surface area contributed by atoms with Crippen molar-refractivity contribution in [2.45, 2.75) is 33.1 Å². The van der Waals surface area contributed by atoms with Gasteiger partial charge in [-0.25, -0.2) is 4.39 Å². The van der Waals surface area contributed by atoms with Crippen LogP contribution >= 0.6 is 0 Å². The lowest BCUT2D eigenvalue weighted by atomic mass is 10.0. The molecule has 0 aromatic heterocycles. The molecule has 0 heterocycles. The Morgan fingerprint density at radius 1 is 1.24 bits per heavy atom. The number of aryl methyl sites for hydroxylation is 2. The summed E-state index contributed by atoms with van der Waals surface area (Å²) in [4.78, 5) is 24.3. The van der Waals surface area contributed by atoms with E-state index in [4.69, 9.17) is 4.74 Å². The van der Waals surface area contributed by atoms with Crippen LogP contribution in [0.3, 0.4) is 0 Å². The minimum atomic E-state index is -0.402. The van der Waals surface area contributed by atoms with Crippen LogP contribution in [-0.2, 0) is 4.79 Å². The average molecular weight is 341 g/mol. The van der Waals surface area contributed by atoms with Gasteiger partial charge in [0.1, 0.15) is 11.6 Å². The first-order valence-corrected chi connectivity index (χ1v) is 8.23. The molecule has 2 aromatic rings. The molecule has 0 saturated carbocycles. The SMILES string of the molecule is Cc1cccc(C)c1NC(=O)COc1ccc(F)c2c1C(=O)C[C@@H]2C. The maximum absolute atomic E-state index is 14.0. The average Bonchev–Trinajstić information content (AvgIpc) is 2.86. The first-order valence-electron chi connectivity index (χ1n) is 8.23. The third-order valence-corrected chi connectivity index (χ3v) is 4.52. The molecule has 1 atom stereocenters. The van der Waals surface area contributed by atoms with Gasteiger partial charge in [-0.05, 0) is 43.0 Å². The molecule has 1 amide bonds. The number of Topliss-reactive ketones (excluding diaryl/α,β-unsaturated/α-hetero) is 1. The second-order valence-electron chi connectivity index (χ2n) is 6.47. The summed E-state index contributed by atoms with van der Waals surface area (Å²) >= 11 is 0. The number of halogens is 1. The molecule has 0 spiro atoms. The maximum Gasteiger partial charge on any atom is 0.262 e. The summed E-state index contributed by atoms with van der Waals surface area (Å²) in [5, 5.41) is 2.82. The summed E-state index contributed by atoms with van der Waals surface area (Å²) in [6.45, 7) is 5.39. The first-order chi connectivity index (χ1) is 11.9. The van der Waals surface area contributed by atoms with Crippen molar-refractivity contribution in [1.82, 2.24) is 0 Å². The van der Waals surface area contributed by atoms with Gasteiger partial charge in [0.25, 0.3) is 5.91 Å². The molecule has 4 nitrogen and oxygen atoms in total. The van der Waals surface area contributed by atoms with Crippen LogP contribution in [0, 0.1) is 19.7 Å². The van der Waals surface area contributed by atoms with Crippen molar-refractivity contribution in [3.63, 3.8) is 0 Å². The Labute approximate surface area is 146 Å². The van der Waals surface area contributed by atoms with Gasteiger partial charge in [-0.3, -0.25) is 9.59 Å². The molecule has 1 aliphatic rings. The van der Waals surface area contributed by atoms with E-state index in [-0.39, 0.29) is 41.9 Å². The molecule has 3 rings (SSSR count). The van der Waals surface area contributed by atoms with E-state index in [1.807, 2.05) is 39.0 Å². The minimum absolute atomic E-state index is 0.146. The number of amides is 1. The zero-order valence-electron chi connectivity index (χ0n) is 14.5. The predicted molar refractivity (Wildman–Crippen MR) is 93.8 cm³/mol. The van der Waals surface area contributed by atoms with Crippen LogP contribution in [0.4, 0.5) is 10.1 Å². The van der Waals surface area contributed by atoms with E-state index in [1.165, 1.54) is 12.1 Å². The summed E-state index contributed by atoms with van der Waals surface area (Å²) in [6.07, 6.45) is 0.265. The van der Waals surface area contributed by atoms with Gasteiger partial charge in [-0.15, -0.1) is 0 Å². The van der Waals surface area contributed by atoms with E-state index < -0.39 is 5.82 Å². The molecule has 0 unspecified atom stereocenters. The fourth-order valence-corrected chi connectivity index (χ4v) is 3.28. The van der Waals surface area contributed by atoms with Crippen molar-refractivity contribution in [3.05, 3.63) is 58.4 Å². The topological polar surface area (TPSA) is 55.4 Å². The van der Waals surface area contributed by atoms with Crippen LogP contribution in [0.5, 0.6) is 5.75 Å². The third kappa shape index (κ3) is 3.27. The molecule has 0 aliphatic heterocycles. The van der Waals surface area contributed by atoms with Gasteiger partial charge in [-0.2, -0.15) is 0 Å². The van der Waals surface area contributed by atoms with Crippen molar-refractivity contribution in [2.24, 2.45) is 0 Å². The Bertz CT molecular complexity index is 840. The Morgan fingerprint density at radius 2 is 1.92 bits per heavy atom. The smallest absolute Gasteiger partial charge is 0.262 e. The number of ketones is 1. The second kappa shape index (κ2) is 6.67. The number of anilines is 1. The van der Waals surface area contributed by atoms with E-state index in [1.54, 1.807) is 0 Å². The molecule has 5 heteroatoms. The number of hydrogen-bond acceptors (Lipinski definition) is 3. The fourth-order valence-electron chi connectivity index (χ4n) is 3.28. The fraction of sp³-hybridized carbons (Fsp3) is 0.300. The van der Waals surface area contributed by atoms with Gasteiger partial charge < -0.3 is 10.1 Å². The van der Waals surface area contributed by atoms with Gasteiger partial charge in [0.15, 0.2) is 12.4 Å². The lowest BCUT2D eigenvalue weighted by Crippen LogP contribution is -2.21. The molecule has 0 saturated heterocycles. The number of hydrogen-bond donors (Lipinski definition) is 1. The molecule has 1 aliphatic carbocycles. The highest BCUT2D eigenvalue weighted by molar-refractivity contribution is 6.04. The van der Waals surface area contributed by atoms with Crippen LogP contribution in [0.1, 0.15) is 46.3 Å². The molecule has 0 bridgehead atoms. The number of fused-ring (bicyclic) bond motifs is 1. The van der Waals surface area contributed by atoms with E-state index in [0.717, 1.165) is 16.8 Å². The van der Waals surface area contributed by atoms with Crippen LogP contribution < -0.4 is 10.1 Å². The number of carbonyl (C=O) groups excluding carboxylic acids is 2. The van der Waals surface area contributed by atoms with E-state index >= 15 is 0 Å². The largest absolute Gasteiger partial charge is 0.483 e. The standard InChI is InChI=1S/C20H20FNO3/c1-11-5-4-6-12(2)20(11)22-17(24)10-25-16-8-7-14(21)18-13(3)9-15(23)19(16)18/h4-8,13H,9-10H2,1-3H3,(H,22,24)/t13-/m0/s1. The van der Waals surface area contributed by atoms with Crippen LogP contribution in [0.15, 0.2) is 30.3 Å². The predicted octanol–water partition coefficient (Wildman–Crippen LogP) is 4.15. The Morgan fingerprint density at radius 3 is 2.60 bits per heavy atom. The van der Waals surface area contributed by atoms with Crippen molar-refractivity contribution in [3.8, 4) is 5.75 Å². The minimum Gasteiger partial charge on any atom is -0.483 e. The lowest BCUT2D eigenvalue weighted by Gasteiger charge is -2.14. The van der Waals surface area contributed by atoms with Crippen molar-refractivity contribution in [1.29, 1.82) is 0 Å². The number of benzene rings is 2. The highest BCUT2D eigenvalue weighted by atomic mass is 19.1. The van der Waals surface area contributed by atoms with Crippen molar-refractivity contribution in [2.75, 3.05) is 11.9 Å². The summed E-state index contributed by atoms with van der Waals surface area (Å²) in [6, 6.07) is 8.45. The van der Waals surface area contributed by atoms with Crippen LogP contribution in [-0.4, -0.2) is 18.3 Å². The van der Waals surface area contributed by atoms with Gasteiger partial charge in [0.05, 0.1) is 5.56 Å². The second-order valence-corrected chi connectivity index (χ2v) is 6.47. The quantitative estimate of drug-likeness (QED) is 0.909. The normalized spacial score (nSPS) is 15.8. The Balaban J connectivity index is 1.75. The Kier molecular flexibility index (Phi) is 4.57. The molecule has 0 fully saturated rings. The summed E-state index contributed by atoms with van der Waals surface area (Å²) in [5.41, 5.74) is 3.33. The van der Waals surface area contributed by atoms with Crippen LogP contribution in [0.2, 0.25) is 0 Å². The molecular formula is C20H20FNO3.